The van der Waals surface area contributed by atoms with Crippen molar-refractivity contribution in [2.24, 2.45) is 5.92 Å². The summed E-state index contributed by atoms with van der Waals surface area (Å²) in [5, 5.41) is 6.94. The van der Waals surface area contributed by atoms with Gasteiger partial charge in [0.2, 0.25) is 0 Å². The minimum absolute atomic E-state index is 0.252. The molecule has 2 aliphatic heterocycles. The molecule has 4 nitrogen and oxygen atoms in total. The summed E-state index contributed by atoms with van der Waals surface area (Å²) in [5.74, 6) is 0.736. The molecule has 0 saturated carbocycles. The fourth-order valence-corrected chi connectivity index (χ4v) is 3.87. The zero-order chi connectivity index (χ0) is 13.8. The van der Waals surface area contributed by atoms with Crippen LogP contribution in [0.1, 0.15) is 49.4 Å². The molecule has 1 aromatic rings. The van der Waals surface area contributed by atoms with E-state index in [0.717, 1.165) is 49.4 Å². The fraction of sp³-hybridized carbons (Fsp3) is 0.800. The van der Waals surface area contributed by atoms with Gasteiger partial charge in [0.25, 0.3) is 0 Å². The quantitative estimate of drug-likeness (QED) is 0.907. The van der Waals surface area contributed by atoms with Gasteiger partial charge in [0.1, 0.15) is 11.1 Å². The molecule has 0 amide bonds. The van der Waals surface area contributed by atoms with E-state index in [-0.39, 0.29) is 6.10 Å². The zero-order valence-electron chi connectivity index (χ0n) is 12.1. The molecule has 2 saturated heterocycles. The third kappa shape index (κ3) is 3.58. The van der Waals surface area contributed by atoms with Crippen LogP contribution in [0.25, 0.3) is 0 Å². The van der Waals surface area contributed by atoms with Gasteiger partial charge in [-0.1, -0.05) is 0 Å². The third-order valence-corrected chi connectivity index (χ3v) is 5.34. The van der Waals surface area contributed by atoms with E-state index < -0.39 is 0 Å². The van der Waals surface area contributed by atoms with Gasteiger partial charge >= 0.3 is 0 Å². The van der Waals surface area contributed by atoms with E-state index in [1.54, 1.807) is 11.3 Å². The van der Waals surface area contributed by atoms with Gasteiger partial charge in [-0.05, 0) is 38.5 Å². The fourth-order valence-electron chi connectivity index (χ4n) is 2.97. The molecule has 1 aromatic heterocycles. The van der Waals surface area contributed by atoms with E-state index in [2.05, 4.69) is 17.6 Å². The maximum atomic E-state index is 5.69. The van der Waals surface area contributed by atoms with Crippen LogP contribution in [0.3, 0.4) is 0 Å². The lowest BCUT2D eigenvalue weighted by atomic mass is 9.93. The van der Waals surface area contributed by atoms with Crippen molar-refractivity contribution in [1.29, 1.82) is 0 Å². The number of nitrogens with zero attached hydrogens (tertiary/aromatic N) is 1. The molecular weight excluding hydrogens is 272 g/mol. The van der Waals surface area contributed by atoms with E-state index in [0.29, 0.717) is 6.04 Å². The van der Waals surface area contributed by atoms with Crippen LogP contribution in [0, 0.1) is 5.92 Å². The van der Waals surface area contributed by atoms with Gasteiger partial charge in [-0.2, -0.15) is 0 Å². The van der Waals surface area contributed by atoms with Crippen LogP contribution in [0.5, 0.6) is 0 Å². The van der Waals surface area contributed by atoms with Crippen LogP contribution in [0.4, 0.5) is 0 Å². The molecule has 2 atom stereocenters. The average molecular weight is 296 g/mol. The van der Waals surface area contributed by atoms with E-state index in [1.165, 1.54) is 19.3 Å². The summed E-state index contributed by atoms with van der Waals surface area (Å²) in [6.07, 6.45) is 4.89. The summed E-state index contributed by atoms with van der Waals surface area (Å²) < 4.78 is 11.1. The Morgan fingerprint density at radius 3 is 2.95 bits per heavy atom. The molecule has 2 aliphatic rings. The van der Waals surface area contributed by atoms with E-state index in [4.69, 9.17) is 14.5 Å². The van der Waals surface area contributed by atoms with Crippen LogP contribution in [-0.4, -0.2) is 30.8 Å². The first-order chi connectivity index (χ1) is 9.83. The highest BCUT2D eigenvalue weighted by Crippen LogP contribution is 2.30. The van der Waals surface area contributed by atoms with Crippen LogP contribution in [0.2, 0.25) is 0 Å². The Bertz CT molecular complexity index is 412. The number of rotatable bonds is 5. The Balaban J connectivity index is 1.47. The molecular formula is C15H24N2O2S. The van der Waals surface area contributed by atoms with Crippen molar-refractivity contribution in [3.05, 3.63) is 16.1 Å². The highest BCUT2D eigenvalue weighted by Gasteiger charge is 2.22. The van der Waals surface area contributed by atoms with E-state index in [1.807, 2.05) is 0 Å². The van der Waals surface area contributed by atoms with Crippen LogP contribution >= 0.6 is 11.3 Å². The van der Waals surface area contributed by atoms with E-state index in [9.17, 15) is 0 Å². The zero-order valence-corrected chi connectivity index (χ0v) is 13.0. The molecule has 0 aliphatic carbocycles. The molecule has 0 spiro atoms. The Morgan fingerprint density at radius 1 is 1.35 bits per heavy atom. The molecule has 2 fully saturated rings. The molecule has 3 heterocycles. The third-order valence-electron chi connectivity index (χ3n) is 4.35. The first-order valence-corrected chi connectivity index (χ1v) is 8.58. The maximum absolute atomic E-state index is 5.69. The summed E-state index contributed by atoms with van der Waals surface area (Å²) in [4.78, 5) is 4.72. The summed E-state index contributed by atoms with van der Waals surface area (Å²) >= 11 is 1.74. The van der Waals surface area contributed by atoms with Gasteiger partial charge in [-0.15, -0.1) is 11.3 Å². The highest BCUT2D eigenvalue weighted by atomic mass is 32.1. The van der Waals surface area contributed by atoms with Gasteiger partial charge in [0.05, 0.1) is 5.69 Å². The molecule has 0 bridgehead atoms. The molecule has 112 valence electrons. The number of nitrogens with one attached hydrogen (secondary N) is 1. The second-order valence-electron chi connectivity index (χ2n) is 5.80. The molecule has 5 heteroatoms. The molecule has 0 radical (unpaired) electrons. The van der Waals surface area contributed by atoms with Crippen molar-refractivity contribution < 1.29 is 9.47 Å². The number of hydrogen-bond donors (Lipinski definition) is 1. The monoisotopic (exact) mass is 296 g/mol. The minimum atomic E-state index is 0.252. The molecule has 0 aromatic carbocycles. The van der Waals surface area contributed by atoms with Crippen LogP contribution in [0.15, 0.2) is 5.38 Å². The van der Waals surface area contributed by atoms with Gasteiger partial charge in [0, 0.05) is 37.8 Å². The first-order valence-electron chi connectivity index (χ1n) is 7.70. The maximum Gasteiger partial charge on any atom is 0.122 e. The Morgan fingerprint density at radius 2 is 2.20 bits per heavy atom. The van der Waals surface area contributed by atoms with Crippen molar-refractivity contribution in [2.75, 3.05) is 19.8 Å². The summed E-state index contributed by atoms with van der Waals surface area (Å²) in [6.45, 7) is 5.86. The van der Waals surface area contributed by atoms with Crippen LogP contribution < -0.4 is 5.32 Å². The Kier molecular flexibility index (Phi) is 5.04. The van der Waals surface area contributed by atoms with Crippen molar-refractivity contribution in [2.45, 2.75) is 51.3 Å². The lowest BCUT2D eigenvalue weighted by Crippen LogP contribution is -2.36. The lowest BCUT2D eigenvalue weighted by molar-refractivity contribution is 0.0557. The summed E-state index contributed by atoms with van der Waals surface area (Å²) in [6, 6.07) is 0.534. The number of hydrogen-bond acceptors (Lipinski definition) is 5. The Hall–Kier alpha value is -0.490. The summed E-state index contributed by atoms with van der Waals surface area (Å²) in [7, 11) is 0. The molecule has 3 rings (SSSR count). The highest BCUT2D eigenvalue weighted by molar-refractivity contribution is 7.09. The largest absolute Gasteiger partial charge is 0.381 e. The van der Waals surface area contributed by atoms with Crippen molar-refractivity contribution >= 4 is 11.3 Å². The van der Waals surface area contributed by atoms with Gasteiger partial charge < -0.3 is 14.8 Å². The molecule has 2 unspecified atom stereocenters. The normalized spacial score (nSPS) is 25.9. The first kappa shape index (κ1) is 14.4. The van der Waals surface area contributed by atoms with Crippen molar-refractivity contribution in [3.8, 4) is 0 Å². The number of thiazole rings is 1. The molecule has 20 heavy (non-hydrogen) atoms. The Labute approximate surface area is 124 Å². The smallest absolute Gasteiger partial charge is 0.122 e. The van der Waals surface area contributed by atoms with Gasteiger partial charge in [-0.25, -0.2) is 4.98 Å². The number of ether oxygens (including phenoxy) is 2. The summed E-state index contributed by atoms with van der Waals surface area (Å²) in [5.41, 5.74) is 1.15. The van der Waals surface area contributed by atoms with E-state index >= 15 is 0 Å². The van der Waals surface area contributed by atoms with Crippen molar-refractivity contribution in [1.82, 2.24) is 10.3 Å². The SMILES string of the molecule is CC(NCc1csc(C2CCCO2)n1)C1CCOCC1. The van der Waals surface area contributed by atoms with Crippen LogP contribution in [-0.2, 0) is 16.0 Å². The molecule has 1 N–H and O–H groups in total. The predicted molar refractivity (Wildman–Crippen MR) is 79.9 cm³/mol. The lowest BCUT2D eigenvalue weighted by Gasteiger charge is -2.28. The van der Waals surface area contributed by atoms with Gasteiger partial charge in [-0.3, -0.25) is 0 Å². The minimum Gasteiger partial charge on any atom is -0.381 e. The van der Waals surface area contributed by atoms with Gasteiger partial charge in [0.15, 0.2) is 0 Å². The number of aromatic nitrogens is 1. The second kappa shape index (κ2) is 6.98. The van der Waals surface area contributed by atoms with Crippen molar-refractivity contribution in [3.63, 3.8) is 0 Å². The standard InChI is InChI=1S/C15H24N2O2S/c1-11(12-4-7-18-8-5-12)16-9-13-10-20-15(17-13)14-3-2-6-19-14/h10-12,14,16H,2-9H2,1H3. The predicted octanol–water partition coefficient (Wildman–Crippen LogP) is 2.90. The average Bonchev–Trinajstić information content (AvgIpc) is 3.16. The second-order valence-corrected chi connectivity index (χ2v) is 6.69. The topological polar surface area (TPSA) is 43.4 Å².